The van der Waals surface area contributed by atoms with E-state index in [-0.39, 0.29) is 12.5 Å². The number of aromatic nitrogens is 4. The molecule has 1 N–H and O–H groups in total. The number of benzene rings is 2. The summed E-state index contributed by atoms with van der Waals surface area (Å²) in [6.45, 7) is 0.716. The van der Waals surface area contributed by atoms with Crippen LogP contribution in [0.4, 0.5) is 0 Å². The number of para-hydroxylation sites is 1. The molecule has 0 spiro atoms. The Hall–Kier alpha value is -3.62. The number of hydrogen-bond donors (Lipinski definition) is 1. The van der Waals surface area contributed by atoms with Gasteiger partial charge in [-0.1, -0.05) is 18.2 Å². The molecule has 0 saturated heterocycles. The van der Waals surface area contributed by atoms with E-state index in [1.807, 2.05) is 30.3 Å². The van der Waals surface area contributed by atoms with Gasteiger partial charge in [0.2, 0.25) is 11.7 Å². The van der Waals surface area contributed by atoms with E-state index >= 15 is 0 Å². The summed E-state index contributed by atoms with van der Waals surface area (Å²) in [4.78, 5) is 13.3. The van der Waals surface area contributed by atoms with Crippen LogP contribution in [-0.4, -0.2) is 53.5 Å². The van der Waals surface area contributed by atoms with Crippen molar-refractivity contribution in [3.8, 4) is 28.6 Å². The van der Waals surface area contributed by atoms with Crippen LogP contribution in [0.15, 0.2) is 48.5 Å². The van der Waals surface area contributed by atoms with Gasteiger partial charge in [-0.3, -0.25) is 4.79 Å². The Morgan fingerprint density at radius 1 is 1.07 bits per heavy atom. The minimum atomic E-state index is -0.229. The molecule has 9 nitrogen and oxygen atoms in total. The van der Waals surface area contributed by atoms with Crippen molar-refractivity contribution in [3.63, 3.8) is 0 Å². The van der Waals surface area contributed by atoms with E-state index < -0.39 is 0 Å². The lowest BCUT2D eigenvalue weighted by Gasteiger charge is -2.07. The van der Waals surface area contributed by atoms with E-state index in [1.54, 1.807) is 32.4 Å². The van der Waals surface area contributed by atoms with Gasteiger partial charge >= 0.3 is 0 Å². The number of tetrazole rings is 1. The van der Waals surface area contributed by atoms with Gasteiger partial charge in [0.05, 0.1) is 20.8 Å². The van der Waals surface area contributed by atoms with Crippen molar-refractivity contribution in [1.29, 1.82) is 0 Å². The second kappa shape index (κ2) is 9.36. The van der Waals surface area contributed by atoms with Gasteiger partial charge in [0.15, 0.2) is 11.5 Å². The zero-order valence-electron chi connectivity index (χ0n) is 15.7. The number of carbonyl (C=O) groups excluding carboxylic acids is 1. The summed E-state index contributed by atoms with van der Waals surface area (Å²) in [7, 11) is 3.12. The molecule has 0 aliphatic heterocycles. The molecule has 28 heavy (non-hydrogen) atoms. The number of rotatable bonds is 9. The molecule has 9 heteroatoms. The highest BCUT2D eigenvalue weighted by atomic mass is 16.5. The number of methoxy groups -OCH3 is 2. The van der Waals surface area contributed by atoms with E-state index in [2.05, 4.69) is 20.7 Å². The van der Waals surface area contributed by atoms with Gasteiger partial charge in [0.25, 0.3) is 0 Å². The fraction of sp³-hybridized carbons (Fsp3) is 0.263. The maximum absolute atomic E-state index is 12.0. The molecule has 0 aliphatic rings. The SMILES string of the molecule is COc1ccc(-c2nnn(CC(=O)NCCOc3ccccc3)n2)cc1OC. The predicted molar refractivity (Wildman–Crippen MR) is 101 cm³/mol. The van der Waals surface area contributed by atoms with Gasteiger partial charge in [-0.15, -0.1) is 10.2 Å². The molecule has 0 radical (unpaired) electrons. The molecule has 0 bridgehead atoms. The second-order valence-electron chi connectivity index (χ2n) is 5.72. The Kier molecular flexibility index (Phi) is 6.40. The van der Waals surface area contributed by atoms with E-state index in [0.29, 0.717) is 36.0 Å². The van der Waals surface area contributed by atoms with Crippen molar-refractivity contribution in [2.24, 2.45) is 0 Å². The lowest BCUT2D eigenvalue weighted by Crippen LogP contribution is -2.31. The predicted octanol–water partition coefficient (Wildman–Crippen LogP) is 1.55. The van der Waals surface area contributed by atoms with Gasteiger partial charge in [-0.25, -0.2) is 0 Å². The summed E-state index contributed by atoms with van der Waals surface area (Å²) in [5.41, 5.74) is 0.709. The Morgan fingerprint density at radius 3 is 2.61 bits per heavy atom. The monoisotopic (exact) mass is 383 g/mol. The lowest BCUT2D eigenvalue weighted by molar-refractivity contribution is -0.122. The number of carbonyl (C=O) groups is 1. The third-order valence-electron chi connectivity index (χ3n) is 3.82. The molecule has 0 atom stereocenters. The van der Waals surface area contributed by atoms with Gasteiger partial charge in [-0.05, 0) is 35.5 Å². The van der Waals surface area contributed by atoms with Crippen molar-refractivity contribution in [1.82, 2.24) is 25.5 Å². The molecule has 3 rings (SSSR count). The summed E-state index contributed by atoms with van der Waals surface area (Å²) in [6.07, 6.45) is 0. The Balaban J connectivity index is 1.50. The maximum Gasteiger partial charge on any atom is 0.243 e. The third-order valence-corrected chi connectivity index (χ3v) is 3.82. The Labute approximate surface area is 162 Å². The quantitative estimate of drug-likeness (QED) is 0.560. The van der Waals surface area contributed by atoms with Crippen molar-refractivity contribution < 1.29 is 19.0 Å². The maximum atomic E-state index is 12.0. The van der Waals surface area contributed by atoms with Crippen LogP contribution in [0.3, 0.4) is 0 Å². The molecule has 1 heterocycles. The number of hydrogen-bond acceptors (Lipinski definition) is 7. The topological polar surface area (TPSA) is 100 Å². The molecule has 2 aromatic carbocycles. The Morgan fingerprint density at radius 2 is 1.86 bits per heavy atom. The van der Waals surface area contributed by atoms with E-state index in [4.69, 9.17) is 14.2 Å². The van der Waals surface area contributed by atoms with Crippen molar-refractivity contribution in [2.45, 2.75) is 6.54 Å². The van der Waals surface area contributed by atoms with Crippen LogP contribution in [0.5, 0.6) is 17.2 Å². The van der Waals surface area contributed by atoms with Crippen LogP contribution in [0.25, 0.3) is 11.4 Å². The molecule has 0 saturated carbocycles. The van der Waals surface area contributed by atoms with E-state index in [9.17, 15) is 4.79 Å². The van der Waals surface area contributed by atoms with Gasteiger partial charge < -0.3 is 19.5 Å². The smallest absolute Gasteiger partial charge is 0.243 e. The second-order valence-corrected chi connectivity index (χ2v) is 5.72. The van der Waals surface area contributed by atoms with Gasteiger partial charge in [0.1, 0.15) is 18.9 Å². The van der Waals surface area contributed by atoms with Crippen LogP contribution in [0.1, 0.15) is 0 Å². The molecule has 0 aliphatic carbocycles. The third kappa shape index (κ3) is 4.97. The van der Waals surface area contributed by atoms with Crippen LogP contribution in [0.2, 0.25) is 0 Å². The Bertz CT molecular complexity index is 914. The molecule has 0 unspecified atom stereocenters. The van der Waals surface area contributed by atoms with Crippen molar-refractivity contribution in [2.75, 3.05) is 27.4 Å². The summed E-state index contributed by atoms with van der Waals surface area (Å²) >= 11 is 0. The van der Waals surface area contributed by atoms with E-state index in [1.165, 1.54) is 4.80 Å². The average Bonchev–Trinajstić information content (AvgIpc) is 3.19. The average molecular weight is 383 g/mol. The standard InChI is InChI=1S/C19H21N5O4/c1-26-16-9-8-14(12-17(16)27-2)19-21-23-24(22-19)13-18(25)20-10-11-28-15-6-4-3-5-7-15/h3-9,12H,10-11,13H2,1-2H3,(H,20,25). The minimum absolute atomic E-state index is 0.0361. The zero-order valence-corrected chi connectivity index (χ0v) is 15.7. The summed E-state index contributed by atoms with van der Waals surface area (Å²) in [6, 6.07) is 14.7. The number of nitrogens with one attached hydrogen (secondary N) is 1. The number of amides is 1. The number of ether oxygens (including phenoxy) is 3. The minimum Gasteiger partial charge on any atom is -0.493 e. The zero-order chi connectivity index (χ0) is 19.8. The molecule has 1 aromatic heterocycles. The first kappa shape index (κ1) is 19.2. The molecular weight excluding hydrogens is 362 g/mol. The highest BCUT2D eigenvalue weighted by Gasteiger charge is 2.12. The summed E-state index contributed by atoms with van der Waals surface area (Å²) in [5.74, 6) is 2.09. The van der Waals surface area contributed by atoms with Crippen LogP contribution < -0.4 is 19.5 Å². The molecule has 146 valence electrons. The molecular formula is C19H21N5O4. The van der Waals surface area contributed by atoms with Gasteiger partial charge in [0, 0.05) is 5.56 Å². The van der Waals surface area contributed by atoms with Crippen molar-refractivity contribution >= 4 is 5.91 Å². The fourth-order valence-electron chi connectivity index (χ4n) is 2.46. The first-order valence-electron chi connectivity index (χ1n) is 8.64. The van der Waals surface area contributed by atoms with Crippen molar-refractivity contribution in [3.05, 3.63) is 48.5 Å². The first-order valence-corrected chi connectivity index (χ1v) is 8.64. The van der Waals surface area contributed by atoms with Gasteiger partial charge in [-0.2, -0.15) is 4.80 Å². The first-order chi connectivity index (χ1) is 13.7. The van der Waals surface area contributed by atoms with Crippen LogP contribution >= 0.6 is 0 Å². The van der Waals surface area contributed by atoms with Crippen LogP contribution in [0, 0.1) is 0 Å². The highest BCUT2D eigenvalue weighted by molar-refractivity contribution is 5.75. The summed E-state index contributed by atoms with van der Waals surface area (Å²) < 4.78 is 16.0. The lowest BCUT2D eigenvalue weighted by atomic mass is 10.2. The molecule has 1 amide bonds. The van der Waals surface area contributed by atoms with Crippen LogP contribution in [-0.2, 0) is 11.3 Å². The summed E-state index contributed by atoms with van der Waals surface area (Å²) in [5, 5.41) is 14.9. The molecule has 0 fully saturated rings. The fourth-order valence-corrected chi connectivity index (χ4v) is 2.46. The largest absolute Gasteiger partial charge is 0.493 e. The highest BCUT2D eigenvalue weighted by Crippen LogP contribution is 2.30. The normalized spacial score (nSPS) is 10.4. The molecule has 3 aromatic rings. The number of nitrogens with zero attached hydrogens (tertiary/aromatic N) is 4. The van der Waals surface area contributed by atoms with E-state index in [0.717, 1.165) is 5.75 Å².